The molecule has 1 aromatic rings. The number of carbonyl (C=O) groups is 2. The molecule has 1 saturated heterocycles. The Hall–Kier alpha value is -2.25. The highest BCUT2D eigenvalue weighted by Gasteiger charge is 2.31. The molecule has 2 amide bonds. The van der Waals surface area contributed by atoms with Gasteiger partial charge >= 0.3 is 6.36 Å². The van der Waals surface area contributed by atoms with Crippen LogP contribution in [0.4, 0.5) is 13.2 Å². The van der Waals surface area contributed by atoms with Gasteiger partial charge < -0.3 is 15.4 Å². The number of nitrogens with zero attached hydrogens (tertiary/aromatic N) is 1. The predicted octanol–water partition coefficient (Wildman–Crippen LogP) is 2.24. The number of rotatable bonds is 5. The average molecular weight is 344 g/mol. The number of hydrogen-bond donors (Lipinski definition) is 1. The number of nitrogens with two attached hydrogens (primary N) is 1. The zero-order valence-corrected chi connectivity index (χ0v) is 13.0. The van der Waals surface area contributed by atoms with E-state index in [1.807, 2.05) is 0 Å². The minimum atomic E-state index is -4.77. The molecule has 1 aromatic carbocycles. The van der Waals surface area contributed by atoms with Crippen molar-refractivity contribution in [3.05, 3.63) is 29.8 Å². The minimum absolute atomic E-state index is 0.0155. The van der Waals surface area contributed by atoms with Crippen LogP contribution in [0.1, 0.15) is 24.8 Å². The maximum atomic E-state index is 12.3. The number of hydrogen-bond acceptors (Lipinski definition) is 3. The number of piperidine rings is 1. The lowest BCUT2D eigenvalue weighted by atomic mass is 9.94. The van der Waals surface area contributed by atoms with Crippen LogP contribution >= 0.6 is 0 Å². The molecule has 2 N–H and O–H groups in total. The van der Waals surface area contributed by atoms with Crippen molar-refractivity contribution in [2.24, 2.45) is 11.7 Å². The molecule has 1 fully saturated rings. The van der Waals surface area contributed by atoms with Crippen LogP contribution in [0.3, 0.4) is 0 Å². The van der Waals surface area contributed by atoms with Crippen LogP contribution in [0, 0.1) is 5.92 Å². The van der Waals surface area contributed by atoms with Gasteiger partial charge in [0.05, 0.1) is 6.42 Å². The highest BCUT2D eigenvalue weighted by molar-refractivity contribution is 5.79. The SMILES string of the molecule is NC(=O)CC1CCCN(C(=O)Cc2cccc(OC(F)(F)F)c2)C1. The second-order valence-corrected chi connectivity index (χ2v) is 5.89. The van der Waals surface area contributed by atoms with Gasteiger partial charge in [0.2, 0.25) is 11.8 Å². The van der Waals surface area contributed by atoms with Crippen molar-refractivity contribution in [2.75, 3.05) is 13.1 Å². The second-order valence-electron chi connectivity index (χ2n) is 5.89. The van der Waals surface area contributed by atoms with Crippen LogP contribution < -0.4 is 10.5 Å². The number of alkyl halides is 3. The summed E-state index contributed by atoms with van der Waals surface area (Å²) < 4.78 is 40.6. The third-order valence-electron chi connectivity index (χ3n) is 3.85. The lowest BCUT2D eigenvalue weighted by molar-refractivity contribution is -0.274. The molecular formula is C16H19F3N2O3. The molecule has 0 bridgehead atoms. The molecule has 8 heteroatoms. The molecular weight excluding hydrogens is 325 g/mol. The van der Waals surface area contributed by atoms with E-state index in [0.717, 1.165) is 12.8 Å². The molecule has 0 saturated carbocycles. The van der Waals surface area contributed by atoms with Crippen molar-refractivity contribution < 1.29 is 27.5 Å². The van der Waals surface area contributed by atoms with Crippen molar-refractivity contribution >= 4 is 11.8 Å². The van der Waals surface area contributed by atoms with Crippen LogP contribution in [0.2, 0.25) is 0 Å². The van der Waals surface area contributed by atoms with E-state index in [0.29, 0.717) is 18.7 Å². The third-order valence-corrected chi connectivity index (χ3v) is 3.85. The van der Waals surface area contributed by atoms with Gasteiger partial charge in [-0.2, -0.15) is 0 Å². The first-order chi connectivity index (χ1) is 11.2. The molecule has 0 radical (unpaired) electrons. The van der Waals surface area contributed by atoms with Crippen LogP contribution in [0.25, 0.3) is 0 Å². The predicted molar refractivity (Wildman–Crippen MR) is 79.9 cm³/mol. The van der Waals surface area contributed by atoms with Crippen molar-refractivity contribution in [3.63, 3.8) is 0 Å². The fraction of sp³-hybridized carbons (Fsp3) is 0.500. The molecule has 0 aliphatic carbocycles. The van der Waals surface area contributed by atoms with Gasteiger partial charge in [0, 0.05) is 19.5 Å². The topological polar surface area (TPSA) is 72.6 Å². The van der Waals surface area contributed by atoms with Crippen LogP contribution in [-0.2, 0) is 16.0 Å². The lowest BCUT2D eigenvalue weighted by Gasteiger charge is -2.32. The summed E-state index contributed by atoms with van der Waals surface area (Å²) in [7, 11) is 0. The van der Waals surface area contributed by atoms with Crippen LogP contribution in [0.15, 0.2) is 24.3 Å². The van der Waals surface area contributed by atoms with Gasteiger partial charge in [0.25, 0.3) is 0 Å². The summed E-state index contributed by atoms with van der Waals surface area (Å²) in [6.45, 7) is 1.02. The van der Waals surface area contributed by atoms with Gasteiger partial charge in [-0.15, -0.1) is 13.2 Å². The molecule has 0 spiro atoms. The van der Waals surface area contributed by atoms with E-state index < -0.39 is 12.3 Å². The van der Waals surface area contributed by atoms with Gasteiger partial charge in [0.1, 0.15) is 5.75 Å². The summed E-state index contributed by atoms with van der Waals surface area (Å²) in [6.07, 6.45) is -2.93. The minimum Gasteiger partial charge on any atom is -0.406 e. The molecule has 1 atom stereocenters. The average Bonchev–Trinajstić information content (AvgIpc) is 2.45. The fourth-order valence-corrected chi connectivity index (χ4v) is 2.88. The molecule has 24 heavy (non-hydrogen) atoms. The third kappa shape index (κ3) is 5.75. The van der Waals surface area contributed by atoms with E-state index in [9.17, 15) is 22.8 Å². The zero-order chi connectivity index (χ0) is 17.7. The van der Waals surface area contributed by atoms with Crippen LogP contribution in [0.5, 0.6) is 5.75 Å². The molecule has 1 heterocycles. The summed E-state index contributed by atoms with van der Waals surface area (Å²) in [5, 5.41) is 0. The fourth-order valence-electron chi connectivity index (χ4n) is 2.88. The highest BCUT2D eigenvalue weighted by Crippen LogP contribution is 2.24. The number of primary amides is 1. The largest absolute Gasteiger partial charge is 0.573 e. The van der Waals surface area contributed by atoms with Crippen molar-refractivity contribution in [1.29, 1.82) is 0 Å². The van der Waals surface area contributed by atoms with Crippen molar-refractivity contribution in [2.45, 2.75) is 32.0 Å². The van der Waals surface area contributed by atoms with Gasteiger partial charge in [-0.1, -0.05) is 12.1 Å². The molecule has 1 unspecified atom stereocenters. The quantitative estimate of drug-likeness (QED) is 0.890. The first kappa shape index (κ1) is 18.1. The number of benzene rings is 1. The number of carbonyl (C=O) groups excluding carboxylic acids is 2. The van der Waals surface area contributed by atoms with E-state index in [1.54, 1.807) is 11.0 Å². The Morgan fingerprint density at radius 1 is 1.33 bits per heavy atom. The summed E-state index contributed by atoms with van der Waals surface area (Å²) in [6, 6.07) is 5.38. The zero-order valence-electron chi connectivity index (χ0n) is 13.0. The molecule has 0 aromatic heterocycles. The number of amides is 2. The Labute approximate surface area is 137 Å². The van der Waals surface area contributed by atoms with Gasteiger partial charge in [-0.3, -0.25) is 9.59 Å². The maximum Gasteiger partial charge on any atom is 0.573 e. The van der Waals surface area contributed by atoms with Crippen molar-refractivity contribution in [1.82, 2.24) is 4.90 Å². The summed E-state index contributed by atoms with van der Waals surface area (Å²) in [5.74, 6) is -0.891. The second kappa shape index (κ2) is 7.55. The number of halogens is 3. The smallest absolute Gasteiger partial charge is 0.406 e. The normalized spacial score (nSPS) is 18.3. The summed E-state index contributed by atoms with van der Waals surface area (Å²) in [5.41, 5.74) is 5.63. The summed E-state index contributed by atoms with van der Waals surface area (Å²) >= 11 is 0. The monoisotopic (exact) mass is 344 g/mol. The van der Waals surface area contributed by atoms with Gasteiger partial charge in [-0.25, -0.2) is 0 Å². The Balaban J connectivity index is 1.96. The Morgan fingerprint density at radius 3 is 2.75 bits per heavy atom. The van der Waals surface area contributed by atoms with E-state index in [4.69, 9.17) is 5.73 Å². The summed E-state index contributed by atoms with van der Waals surface area (Å²) in [4.78, 5) is 25.0. The Kier molecular flexibility index (Phi) is 5.69. The molecule has 132 valence electrons. The van der Waals surface area contributed by atoms with Gasteiger partial charge in [-0.05, 0) is 36.5 Å². The first-order valence-corrected chi connectivity index (χ1v) is 7.63. The van der Waals surface area contributed by atoms with E-state index >= 15 is 0 Å². The molecule has 1 aliphatic heterocycles. The van der Waals surface area contributed by atoms with Crippen molar-refractivity contribution in [3.8, 4) is 5.75 Å². The van der Waals surface area contributed by atoms with E-state index in [1.165, 1.54) is 18.2 Å². The standard InChI is InChI=1S/C16H19F3N2O3/c17-16(18,19)24-13-5-1-3-11(7-13)9-15(23)21-6-2-4-12(10-21)8-14(20)22/h1,3,5,7,12H,2,4,6,8-10H2,(H2,20,22). The number of likely N-dealkylation sites (tertiary alicyclic amines) is 1. The Morgan fingerprint density at radius 2 is 2.08 bits per heavy atom. The van der Waals surface area contributed by atoms with E-state index in [-0.39, 0.29) is 30.4 Å². The number of ether oxygens (including phenoxy) is 1. The van der Waals surface area contributed by atoms with Gasteiger partial charge in [0.15, 0.2) is 0 Å². The lowest BCUT2D eigenvalue weighted by Crippen LogP contribution is -2.41. The highest BCUT2D eigenvalue weighted by atomic mass is 19.4. The first-order valence-electron chi connectivity index (χ1n) is 7.63. The van der Waals surface area contributed by atoms with E-state index in [2.05, 4.69) is 4.74 Å². The maximum absolute atomic E-state index is 12.3. The molecule has 2 rings (SSSR count). The molecule has 1 aliphatic rings. The van der Waals surface area contributed by atoms with Crippen LogP contribution in [-0.4, -0.2) is 36.2 Å². The molecule has 5 nitrogen and oxygen atoms in total. The Bertz CT molecular complexity index is 604.